The predicted molar refractivity (Wildman–Crippen MR) is 160 cm³/mol. The second-order valence-corrected chi connectivity index (χ2v) is 12.9. The van der Waals surface area contributed by atoms with Crippen molar-refractivity contribution < 1.29 is 57.5 Å². The number of rotatable bonds is 8. The SMILES string of the molecule is CC(=O)OC[C@]12[C@H](OC(=O)c3ccccc3)[C@H](OC(=O)c3cccnc3)[C@@H]3[C@@H](OC(C)=O)[C@]1(OC3(C)C)[C@H](C)C[C@H](OC(C)=O)[C@@H]2O. The van der Waals surface area contributed by atoms with Gasteiger partial charge in [-0.25, -0.2) is 9.59 Å². The first kappa shape index (κ1) is 34.0. The Morgan fingerprint density at radius 2 is 1.49 bits per heavy atom. The topological polar surface area (TPSA) is 174 Å². The molecule has 1 aromatic carbocycles. The largest absolute Gasteiger partial charge is 0.465 e. The Morgan fingerprint density at radius 3 is 2.09 bits per heavy atom. The highest BCUT2D eigenvalue weighted by molar-refractivity contribution is 5.90. The molecule has 13 nitrogen and oxygen atoms in total. The van der Waals surface area contributed by atoms with Gasteiger partial charge in [0.15, 0.2) is 6.10 Å². The molecule has 1 spiro atoms. The van der Waals surface area contributed by atoms with Gasteiger partial charge in [0.2, 0.25) is 0 Å². The molecule has 2 saturated carbocycles. The van der Waals surface area contributed by atoms with E-state index in [2.05, 4.69) is 4.98 Å². The highest BCUT2D eigenvalue weighted by atomic mass is 16.6. The lowest BCUT2D eigenvalue weighted by atomic mass is 9.47. The fourth-order valence-electron chi connectivity index (χ4n) is 7.95. The van der Waals surface area contributed by atoms with Gasteiger partial charge in [0.25, 0.3) is 0 Å². The molecule has 1 aliphatic heterocycles. The lowest BCUT2D eigenvalue weighted by molar-refractivity contribution is -0.327. The van der Waals surface area contributed by atoms with E-state index in [9.17, 15) is 29.1 Å². The van der Waals surface area contributed by atoms with Crippen LogP contribution in [0.3, 0.4) is 0 Å². The number of aliphatic hydroxyl groups excluding tert-OH is 1. The van der Waals surface area contributed by atoms with Gasteiger partial charge in [0.1, 0.15) is 42.0 Å². The molecular weight excluding hydrogens is 614 g/mol. The first-order valence-corrected chi connectivity index (χ1v) is 15.4. The summed E-state index contributed by atoms with van der Waals surface area (Å²) >= 11 is 0. The van der Waals surface area contributed by atoms with Crippen LogP contribution in [0.4, 0.5) is 0 Å². The number of hydrogen-bond donors (Lipinski definition) is 1. The van der Waals surface area contributed by atoms with Gasteiger partial charge in [-0.3, -0.25) is 19.4 Å². The summed E-state index contributed by atoms with van der Waals surface area (Å²) < 4.78 is 36.7. The fraction of sp³-hybridized carbons (Fsp3) is 0.529. The molecule has 3 aliphatic rings. The number of ether oxygens (including phenoxy) is 6. The fourth-order valence-corrected chi connectivity index (χ4v) is 7.95. The maximum atomic E-state index is 13.9. The van der Waals surface area contributed by atoms with Gasteiger partial charge in [0, 0.05) is 33.2 Å². The molecule has 2 heterocycles. The minimum atomic E-state index is -2.02. The van der Waals surface area contributed by atoms with Gasteiger partial charge in [-0.15, -0.1) is 0 Å². The van der Waals surface area contributed by atoms with Gasteiger partial charge in [-0.1, -0.05) is 25.1 Å². The predicted octanol–water partition coefficient (Wildman–Crippen LogP) is 2.82. The molecule has 5 rings (SSSR count). The van der Waals surface area contributed by atoms with E-state index in [1.807, 2.05) is 0 Å². The molecule has 13 heteroatoms. The van der Waals surface area contributed by atoms with Crippen molar-refractivity contribution in [3.63, 3.8) is 0 Å². The van der Waals surface area contributed by atoms with Crippen LogP contribution >= 0.6 is 0 Å². The zero-order chi connectivity index (χ0) is 34.3. The molecule has 1 N–H and O–H groups in total. The average Bonchev–Trinajstić information content (AvgIpc) is 3.20. The quantitative estimate of drug-likeness (QED) is 0.326. The summed E-state index contributed by atoms with van der Waals surface area (Å²) in [4.78, 5) is 69.2. The van der Waals surface area contributed by atoms with Crippen molar-refractivity contribution in [3.8, 4) is 0 Å². The van der Waals surface area contributed by atoms with Crippen molar-refractivity contribution >= 4 is 29.8 Å². The van der Waals surface area contributed by atoms with Crippen molar-refractivity contribution in [1.29, 1.82) is 0 Å². The molecule has 3 fully saturated rings. The van der Waals surface area contributed by atoms with Gasteiger partial charge >= 0.3 is 29.8 Å². The summed E-state index contributed by atoms with van der Waals surface area (Å²) in [6, 6.07) is 11.0. The van der Waals surface area contributed by atoms with Crippen LogP contribution in [-0.2, 0) is 42.8 Å². The number of pyridine rings is 1. The molecule has 0 amide bonds. The minimum absolute atomic E-state index is 0.0443. The molecule has 252 valence electrons. The van der Waals surface area contributed by atoms with Gasteiger partial charge in [0.05, 0.1) is 22.6 Å². The van der Waals surface area contributed by atoms with Crippen LogP contribution < -0.4 is 0 Å². The highest BCUT2D eigenvalue weighted by Gasteiger charge is 2.85. The van der Waals surface area contributed by atoms with Gasteiger partial charge < -0.3 is 33.5 Å². The third-order valence-corrected chi connectivity index (χ3v) is 9.58. The molecule has 2 bridgehead atoms. The Hall–Kier alpha value is -4.36. The second-order valence-electron chi connectivity index (χ2n) is 12.9. The normalized spacial score (nSPS) is 33.5. The summed E-state index contributed by atoms with van der Waals surface area (Å²) in [6.45, 7) is 8.08. The molecule has 1 saturated heterocycles. The van der Waals surface area contributed by atoms with E-state index in [0.29, 0.717) is 0 Å². The van der Waals surface area contributed by atoms with Crippen molar-refractivity contribution in [2.45, 2.75) is 89.7 Å². The van der Waals surface area contributed by atoms with E-state index in [-0.39, 0.29) is 17.5 Å². The summed E-state index contributed by atoms with van der Waals surface area (Å²) in [5.74, 6) is -5.47. The summed E-state index contributed by atoms with van der Waals surface area (Å²) in [5, 5.41) is 12.4. The molecule has 2 aliphatic carbocycles. The van der Waals surface area contributed by atoms with Crippen LogP contribution in [0.5, 0.6) is 0 Å². The van der Waals surface area contributed by atoms with Crippen LogP contribution in [0.15, 0.2) is 54.9 Å². The Balaban J connectivity index is 1.81. The Morgan fingerprint density at radius 1 is 0.851 bits per heavy atom. The molecule has 0 unspecified atom stereocenters. The summed E-state index contributed by atoms with van der Waals surface area (Å²) in [7, 11) is 0. The first-order valence-electron chi connectivity index (χ1n) is 15.4. The standard InChI is InChI=1S/C34H39NO12/c1-18-15-24(43-20(3)37)27(39)33(17-42-19(2)36)29(46-30(40)22-11-8-7-9-12-22)26(45-31(41)23-13-10-14-35-16-23)25-28(44-21(4)38)34(18,33)47-32(25,5)6/h7-14,16,18,24-29,39H,15,17H2,1-6H3/t18-,24+,25-,26-,27+,28-,29-,33+,34-/m1/s1. The van der Waals surface area contributed by atoms with Gasteiger partial charge in [-0.05, 0) is 50.5 Å². The van der Waals surface area contributed by atoms with E-state index >= 15 is 0 Å². The van der Waals surface area contributed by atoms with E-state index < -0.39 is 95.4 Å². The third kappa shape index (κ3) is 5.75. The number of carbonyl (C=O) groups is 5. The van der Waals surface area contributed by atoms with E-state index in [4.69, 9.17) is 28.4 Å². The maximum Gasteiger partial charge on any atom is 0.340 e. The monoisotopic (exact) mass is 653 g/mol. The minimum Gasteiger partial charge on any atom is -0.465 e. The second kappa shape index (κ2) is 12.7. The van der Waals surface area contributed by atoms with Crippen LogP contribution in [0.2, 0.25) is 0 Å². The average molecular weight is 654 g/mol. The Bertz CT molecular complexity index is 1530. The number of nitrogens with zero attached hydrogens (tertiary/aromatic N) is 1. The highest BCUT2D eigenvalue weighted by Crippen LogP contribution is 2.68. The number of carbonyl (C=O) groups excluding carboxylic acids is 5. The van der Waals surface area contributed by atoms with E-state index in [1.54, 1.807) is 39.0 Å². The zero-order valence-corrected chi connectivity index (χ0v) is 27.0. The number of benzene rings is 1. The van der Waals surface area contributed by atoms with Crippen LogP contribution in [-0.4, -0.2) is 88.3 Å². The Labute approximate surface area is 271 Å². The van der Waals surface area contributed by atoms with Crippen molar-refractivity contribution in [2.75, 3.05) is 6.61 Å². The number of esters is 5. The molecule has 0 radical (unpaired) electrons. The number of aromatic nitrogens is 1. The smallest absolute Gasteiger partial charge is 0.340 e. The van der Waals surface area contributed by atoms with Crippen molar-refractivity contribution in [3.05, 3.63) is 66.0 Å². The lowest BCUT2D eigenvalue weighted by Crippen LogP contribution is -2.81. The third-order valence-electron chi connectivity index (χ3n) is 9.58. The molecule has 2 aromatic rings. The molecule has 1 aromatic heterocycles. The van der Waals surface area contributed by atoms with Crippen LogP contribution in [0.1, 0.15) is 68.7 Å². The van der Waals surface area contributed by atoms with Crippen LogP contribution in [0, 0.1) is 17.3 Å². The molecule has 47 heavy (non-hydrogen) atoms. The van der Waals surface area contributed by atoms with Gasteiger partial charge in [-0.2, -0.15) is 0 Å². The summed E-state index contributed by atoms with van der Waals surface area (Å²) in [5.41, 5.74) is -4.77. The Kier molecular flexibility index (Phi) is 9.17. The maximum absolute atomic E-state index is 13.9. The lowest BCUT2D eigenvalue weighted by Gasteiger charge is -2.64. The first-order chi connectivity index (χ1) is 22.2. The zero-order valence-electron chi connectivity index (χ0n) is 27.0. The number of fused-ring (bicyclic) bond motifs is 1. The van der Waals surface area contributed by atoms with Crippen molar-refractivity contribution in [2.24, 2.45) is 17.3 Å². The number of hydrogen-bond acceptors (Lipinski definition) is 13. The van der Waals surface area contributed by atoms with E-state index in [0.717, 1.165) is 6.92 Å². The molecular formula is C34H39NO12. The number of aliphatic hydroxyl groups is 1. The van der Waals surface area contributed by atoms with Crippen molar-refractivity contribution in [1.82, 2.24) is 4.98 Å². The van der Waals surface area contributed by atoms with Crippen LogP contribution in [0.25, 0.3) is 0 Å². The summed E-state index contributed by atoms with van der Waals surface area (Å²) in [6.07, 6.45) is -4.41. The van der Waals surface area contributed by atoms with E-state index in [1.165, 1.54) is 50.5 Å². The molecule has 9 atom stereocenters.